The topological polar surface area (TPSA) is 72.6 Å². The van der Waals surface area contributed by atoms with Crippen molar-refractivity contribution >= 4 is 23.6 Å². The third-order valence-corrected chi connectivity index (χ3v) is 3.33. The molecule has 0 spiro atoms. The van der Waals surface area contributed by atoms with Crippen LogP contribution in [-0.4, -0.2) is 54.0 Å². The molecular weight excluding hydrogens is 240 g/mol. The molecular formula is C11H22N2O3S. The first-order valence-corrected chi connectivity index (χ1v) is 6.81. The smallest absolute Gasteiger partial charge is 0.323 e. The molecule has 2 N–H and O–H groups in total. The van der Waals surface area contributed by atoms with Crippen molar-refractivity contribution in [3.63, 3.8) is 0 Å². The Morgan fingerprint density at radius 1 is 1.41 bits per heavy atom. The van der Waals surface area contributed by atoms with Crippen molar-refractivity contribution in [3.05, 3.63) is 0 Å². The maximum Gasteiger partial charge on any atom is 0.323 e. The van der Waals surface area contributed by atoms with E-state index in [4.69, 9.17) is 10.5 Å². The van der Waals surface area contributed by atoms with Gasteiger partial charge in [-0.1, -0.05) is 0 Å². The Bertz CT molecular complexity index is 259. The number of ether oxygens (including phenoxy) is 1. The molecule has 0 bridgehead atoms. The van der Waals surface area contributed by atoms with E-state index in [1.807, 2.05) is 13.8 Å². The third kappa shape index (κ3) is 6.53. The van der Waals surface area contributed by atoms with Gasteiger partial charge in [0.05, 0.1) is 12.4 Å². The molecule has 1 amide bonds. The Morgan fingerprint density at radius 3 is 2.47 bits per heavy atom. The van der Waals surface area contributed by atoms with E-state index >= 15 is 0 Å². The normalized spacial score (nSPS) is 12.4. The molecule has 0 rings (SSSR count). The first-order valence-electron chi connectivity index (χ1n) is 5.65. The Morgan fingerprint density at radius 2 is 2.00 bits per heavy atom. The number of amides is 1. The van der Waals surface area contributed by atoms with Crippen LogP contribution in [0.5, 0.6) is 0 Å². The van der Waals surface area contributed by atoms with E-state index in [1.54, 1.807) is 18.9 Å². The summed E-state index contributed by atoms with van der Waals surface area (Å²) in [7, 11) is 1.76. The Hall–Kier alpha value is -0.750. The van der Waals surface area contributed by atoms with Crippen molar-refractivity contribution in [2.75, 3.05) is 25.2 Å². The van der Waals surface area contributed by atoms with Gasteiger partial charge in [0.15, 0.2) is 0 Å². The second-order valence-electron chi connectivity index (χ2n) is 3.97. The minimum Gasteiger partial charge on any atom is -0.465 e. The highest BCUT2D eigenvalue weighted by atomic mass is 32.2. The van der Waals surface area contributed by atoms with E-state index in [-0.39, 0.29) is 11.9 Å². The van der Waals surface area contributed by atoms with Crippen LogP contribution >= 0.6 is 11.8 Å². The van der Waals surface area contributed by atoms with Gasteiger partial charge < -0.3 is 15.4 Å². The highest BCUT2D eigenvalue weighted by molar-refractivity contribution is 8.00. The summed E-state index contributed by atoms with van der Waals surface area (Å²) < 4.78 is 4.77. The predicted octanol–water partition coefficient (Wildman–Crippen LogP) is 0.477. The van der Waals surface area contributed by atoms with E-state index < -0.39 is 12.0 Å². The van der Waals surface area contributed by atoms with Crippen LogP contribution < -0.4 is 5.73 Å². The summed E-state index contributed by atoms with van der Waals surface area (Å²) in [6.07, 6.45) is 0. The lowest BCUT2D eigenvalue weighted by Gasteiger charge is -2.21. The second-order valence-corrected chi connectivity index (χ2v) is 5.00. The van der Waals surface area contributed by atoms with Gasteiger partial charge in [0.1, 0.15) is 6.04 Å². The van der Waals surface area contributed by atoms with Gasteiger partial charge in [-0.05, 0) is 20.8 Å². The standard InChI is InChI=1S/C11H22N2O3S/c1-5-16-11(15)9(12)6-17-7-10(14)13(4)8(2)3/h8-9H,5-7,12H2,1-4H3. The summed E-state index contributed by atoms with van der Waals surface area (Å²) in [6, 6.07) is -0.473. The Balaban J connectivity index is 3.84. The average Bonchev–Trinajstić information content (AvgIpc) is 2.27. The fourth-order valence-electron chi connectivity index (χ4n) is 0.980. The van der Waals surface area contributed by atoms with Gasteiger partial charge in [-0.2, -0.15) is 0 Å². The Labute approximate surface area is 107 Å². The largest absolute Gasteiger partial charge is 0.465 e. The van der Waals surface area contributed by atoms with Crippen LogP contribution in [0.25, 0.3) is 0 Å². The third-order valence-electron chi connectivity index (χ3n) is 2.28. The van der Waals surface area contributed by atoms with E-state index in [0.717, 1.165) is 0 Å². The van der Waals surface area contributed by atoms with E-state index in [1.165, 1.54) is 11.8 Å². The van der Waals surface area contributed by atoms with Crippen LogP contribution in [0, 0.1) is 0 Å². The van der Waals surface area contributed by atoms with Crippen LogP contribution in [0.2, 0.25) is 0 Å². The quantitative estimate of drug-likeness (QED) is 0.676. The maximum absolute atomic E-state index is 11.6. The van der Waals surface area contributed by atoms with Crippen molar-refractivity contribution in [2.45, 2.75) is 32.9 Å². The van der Waals surface area contributed by atoms with E-state index in [0.29, 0.717) is 18.1 Å². The molecule has 100 valence electrons. The van der Waals surface area contributed by atoms with Gasteiger partial charge in [-0.25, -0.2) is 0 Å². The van der Waals surface area contributed by atoms with Crippen molar-refractivity contribution in [1.29, 1.82) is 0 Å². The number of hydrogen-bond donors (Lipinski definition) is 1. The zero-order chi connectivity index (χ0) is 13.4. The molecule has 1 atom stereocenters. The van der Waals surface area contributed by atoms with E-state index in [2.05, 4.69) is 0 Å². The SMILES string of the molecule is CCOC(=O)C(N)CSCC(=O)N(C)C(C)C. The summed E-state index contributed by atoms with van der Waals surface area (Å²) in [5, 5.41) is 0. The lowest BCUT2D eigenvalue weighted by Crippen LogP contribution is -2.37. The van der Waals surface area contributed by atoms with Crippen molar-refractivity contribution in [1.82, 2.24) is 4.90 Å². The fraction of sp³-hybridized carbons (Fsp3) is 0.818. The first kappa shape index (κ1) is 16.2. The van der Waals surface area contributed by atoms with Gasteiger partial charge in [0.25, 0.3) is 0 Å². The zero-order valence-corrected chi connectivity index (χ0v) is 11.8. The number of thioether (sulfide) groups is 1. The summed E-state index contributed by atoms with van der Waals surface area (Å²) in [6.45, 7) is 5.96. The molecule has 6 heteroatoms. The predicted molar refractivity (Wildman–Crippen MR) is 69.8 cm³/mol. The highest BCUT2D eigenvalue weighted by Crippen LogP contribution is 2.06. The molecule has 0 aliphatic rings. The minimum absolute atomic E-state index is 0.0426. The number of rotatable bonds is 7. The maximum atomic E-state index is 11.6. The first-order chi connectivity index (χ1) is 7.90. The number of hydrogen-bond acceptors (Lipinski definition) is 5. The molecule has 0 fully saturated rings. The molecule has 0 aromatic rings. The molecule has 0 saturated heterocycles. The molecule has 17 heavy (non-hydrogen) atoms. The average molecular weight is 262 g/mol. The minimum atomic E-state index is -0.655. The van der Waals surface area contributed by atoms with Gasteiger partial charge in [0.2, 0.25) is 5.91 Å². The lowest BCUT2D eigenvalue weighted by molar-refractivity contribution is -0.144. The number of nitrogens with two attached hydrogens (primary N) is 1. The summed E-state index contributed by atoms with van der Waals surface area (Å²) in [5.41, 5.74) is 5.61. The highest BCUT2D eigenvalue weighted by Gasteiger charge is 2.16. The second kappa shape index (κ2) is 8.36. The van der Waals surface area contributed by atoms with Gasteiger partial charge in [-0.15, -0.1) is 11.8 Å². The van der Waals surface area contributed by atoms with Crippen molar-refractivity contribution < 1.29 is 14.3 Å². The van der Waals surface area contributed by atoms with Gasteiger partial charge in [-0.3, -0.25) is 9.59 Å². The fourth-order valence-corrected chi connectivity index (χ4v) is 1.87. The molecule has 1 unspecified atom stereocenters. The number of carbonyl (C=O) groups is 2. The summed E-state index contributed by atoms with van der Waals surface area (Å²) >= 11 is 1.35. The van der Waals surface area contributed by atoms with Crippen LogP contribution in [-0.2, 0) is 14.3 Å². The van der Waals surface area contributed by atoms with Crippen LogP contribution in [0.15, 0.2) is 0 Å². The van der Waals surface area contributed by atoms with Crippen LogP contribution in [0.1, 0.15) is 20.8 Å². The van der Waals surface area contributed by atoms with Crippen molar-refractivity contribution in [2.24, 2.45) is 5.73 Å². The molecule has 0 saturated carbocycles. The van der Waals surface area contributed by atoms with E-state index in [9.17, 15) is 9.59 Å². The van der Waals surface area contributed by atoms with Gasteiger partial charge in [0, 0.05) is 18.8 Å². The number of nitrogens with zero attached hydrogens (tertiary/aromatic N) is 1. The molecule has 5 nitrogen and oxygen atoms in total. The molecule has 0 radical (unpaired) electrons. The molecule has 0 aromatic heterocycles. The number of esters is 1. The molecule has 0 aromatic carbocycles. The monoisotopic (exact) mass is 262 g/mol. The zero-order valence-electron chi connectivity index (χ0n) is 10.9. The van der Waals surface area contributed by atoms with Crippen LogP contribution in [0.4, 0.5) is 0 Å². The molecule has 0 aliphatic heterocycles. The summed E-state index contributed by atoms with van der Waals surface area (Å²) in [5.74, 6) is 0.365. The lowest BCUT2D eigenvalue weighted by atomic mass is 10.3. The van der Waals surface area contributed by atoms with Crippen molar-refractivity contribution in [3.8, 4) is 0 Å². The summed E-state index contributed by atoms with van der Waals surface area (Å²) in [4.78, 5) is 24.5. The van der Waals surface area contributed by atoms with Crippen LogP contribution in [0.3, 0.4) is 0 Å². The van der Waals surface area contributed by atoms with Gasteiger partial charge >= 0.3 is 5.97 Å². The number of carbonyl (C=O) groups excluding carboxylic acids is 2. The molecule has 0 heterocycles. The Kier molecular flexibility index (Phi) is 7.99. The molecule has 0 aliphatic carbocycles.